The van der Waals surface area contributed by atoms with E-state index in [0.29, 0.717) is 27.0 Å². The summed E-state index contributed by atoms with van der Waals surface area (Å²) >= 11 is 3.40. The van der Waals surface area contributed by atoms with Crippen molar-refractivity contribution in [1.82, 2.24) is 4.98 Å². The monoisotopic (exact) mass is 492 g/mol. The molecule has 7 heteroatoms. The second-order valence-electron chi connectivity index (χ2n) is 7.32. The Kier molecular flexibility index (Phi) is 6.10. The van der Waals surface area contributed by atoms with Crippen LogP contribution >= 0.6 is 15.9 Å². The van der Waals surface area contributed by atoms with Crippen LogP contribution < -0.4 is 9.64 Å². The highest BCUT2D eigenvalue weighted by atomic mass is 79.9. The van der Waals surface area contributed by atoms with Crippen LogP contribution in [-0.2, 0) is 16.0 Å². The molecule has 1 aromatic heterocycles. The zero-order valence-corrected chi connectivity index (χ0v) is 19.2. The van der Waals surface area contributed by atoms with Crippen LogP contribution in [0.4, 0.5) is 5.69 Å². The zero-order valence-electron chi connectivity index (χ0n) is 17.6. The average molecular weight is 493 g/mol. The molecule has 1 amide bonds. The number of hydrogen-bond donors (Lipinski definition) is 1. The standard InChI is InChI=1S/C25H21BrN2O4/c1-3-15-6-9-18(10-7-15)28-22(17-5-4-12-27-14-17)21(24(30)25(28)31)23(29)16-8-11-20(32-2)19(26)13-16/h4-14,22,29H,3H2,1-2H3/b23-21-. The number of aromatic nitrogens is 1. The molecule has 0 spiro atoms. The summed E-state index contributed by atoms with van der Waals surface area (Å²) in [6.07, 6.45) is 4.07. The summed E-state index contributed by atoms with van der Waals surface area (Å²) in [4.78, 5) is 31.9. The summed E-state index contributed by atoms with van der Waals surface area (Å²) in [5.41, 5.74) is 2.73. The van der Waals surface area contributed by atoms with Gasteiger partial charge in [0, 0.05) is 23.6 Å². The van der Waals surface area contributed by atoms with Gasteiger partial charge in [0.2, 0.25) is 0 Å². The van der Waals surface area contributed by atoms with Gasteiger partial charge in [-0.3, -0.25) is 19.5 Å². The first kappa shape index (κ1) is 21.8. The molecule has 0 bridgehead atoms. The van der Waals surface area contributed by atoms with Crippen molar-refractivity contribution in [3.63, 3.8) is 0 Å². The molecule has 1 N–H and O–H groups in total. The topological polar surface area (TPSA) is 79.7 Å². The number of aliphatic hydroxyl groups is 1. The van der Waals surface area contributed by atoms with Crippen LogP contribution in [0.3, 0.4) is 0 Å². The van der Waals surface area contributed by atoms with Crippen molar-refractivity contribution >= 4 is 39.1 Å². The number of halogens is 1. The Morgan fingerprint density at radius 3 is 2.50 bits per heavy atom. The lowest BCUT2D eigenvalue weighted by molar-refractivity contribution is -0.132. The number of Topliss-reactive ketones (excluding diaryl/α,β-unsaturated/α-hetero) is 1. The van der Waals surface area contributed by atoms with Crippen LogP contribution in [-0.4, -0.2) is 28.9 Å². The van der Waals surface area contributed by atoms with Crippen LogP contribution in [0.15, 0.2) is 77.0 Å². The fourth-order valence-electron chi connectivity index (χ4n) is 3.81. The van der Waals surface area contributed by atoms with Crippen LogP contribution in [0.5, 0.6) is 5.75 Å². The summed E-state index contributed by atoms with van der Waals surface area (Å²) in [6, 6.07) is 15.2. The summed E-state index contributed by atoms with van der Waals surface area (Å²) in [6.45, 7) is 2.05. The van der Waals surface area contributed by atoms with Crippen LogP contribution in [0.25, 0.3) is 5.76 Å². The smallest absolute Gasteiger partial charge is 0.300 e. The normalized spacial score (nSPS) is 17.6. The number of benzene rings is 2. The molecule has 2 heterocycles. The van der Waals surface area contributed by atoms with E-state index in [9.17, 15) is 14.7 Å². The first-order chi connectivity index (χ1) is 15.5. The van der Waals surface area contributed by atoms with E-state index in [4.69, 9.17) is 4.74 Å². The Morgan fingerprint density at radius 2 is 1.91 bits per heavy atom. The third kappa shape index (κ3) is 3.80. The number of ether oxygens (including phenoxy) is 1. The summed E-state index contributed by atoms with van der Waals surface area (Å²) in [5, 5.41) is 11.2. The third-order valence-corrected chi connectivity index (χ3v) is 6.11. The van der Waals surface area contributed by atoms with Gasteiger partial charge in [-0.15, -0.1) is 0 Å². The highest BCUT2D eigenvalue weighted by molar-refractivity contribution is 9.10. The Balaban J connectivity index is 1.90. The SMILES string of the molecule is CCc1ccc(N2C(=O)C(=O)/C(=C(\O)c3ccc(OC)c(Br)c3)C2c2cccnc2)cc1. The van der Waals surface area contributed by atoms with E-state index in [0.717, 1.165) is 12.0 Å². The lowest BCUT2D eigenvalue weighted by Gasteiger charge is -2.25. The lowest BCUT2D eigenvalue weighted by atomic mass is 9.96. The summed E-state index contributed by atoms with van der Waals surface area (Å²) in [7, 11) is 1.54. The minimum atomic E-state index is -0.808. The molecule has 3 aromatic rings. The predicted octanol–water partition coefficient (Wildman–Crippen LogP) is 5.04. The summed E-state index contributed by atoms with van der Waals surface area (Å²) < 4.78 is 5.86. The number of aliphatic hydroxyl groups excluding tert-OH is 1. The number of ketones is 1. The van der Waals surface area contributed by atoms with Crippen molar-refractivity contribution in [3.05, 3.63) is 93.7 Å². The quantitative estimate of drug-likeness (QED) is 0.306. The van der Waals surface area contributed by atoms with Gasteiger partial charge in [-0.1, -0.05) is 25.1 Å². The van der Waals surface area contributed by atoms with Crippen LogP contribution in [0.1, 0.15) is 29.7 Å². The minimum Gasteiger partial charge on any atom is -0.507 e. The number of aryl methyl sites for hydroxylation is 1. The van der Waals surface area contributed by atoms with Gasteiger partial charge >= 0.3 is 0 Å². The van der Waals surface area contributed by atoms with Gasteiger partial charge in [-0.2, -0.15) is 0 Å². The van der Waals surface area contributed by atoms with Crippen LogP contribution in [0, 0.1) is 0 Å². The van der Waals surface area contributed by atoms with Crippen molar-refractivity contribution in [1.29, 1.82) is 0 Å². The van der Waals surface area contributed by atoms with Gasteiger partial charge in [0.25, 0.3) is 11.7 Å². The molecule has 6 nitrogen and oxygen atoms in total. The van der Waals surface area contributed by atoms with Gasteiger partial charge in [0.1, 0.15) is 11.5 Å². The molecule has 0 aliphatic carbocycles. The molecule has 4 rings (SSSR count). The highest BCUT2D eigenvalue weighted by Gasteiger charge is 2.47. The van der Waals surface area contributed by atoms with Crippen molar-refractivity contribution in [3.8, 4) is 5.75 Å². The van der Waals surface area contributed by atoms with Crippen LogP contribution in [0.2, 0.25) is 0 Å². The fourth-order valence-corrected chi connectivity index (χ4v) is 4.35. The Labute approximate surface area is 194 Å². The zero-order chi connectivity index (χ0) is 22.8. The number of pyridine rings is 1. The molecule has 1 aliphatic rings. The molecular weight excluding hydrogens is 472 g/mol. The molecule has 1 fully saturated rings. The molecule has 32 heavy (non-hydrogen) atoms. The molecule has 1 atom stereocenters. The maximum Gasteiger partial charge on any atom is 0.300 e. The van der Waals surface area contributed by atoms with E-state index in [-0.39, 0.29) is 11.3 Å². The Bertz CT molecular complexity index is 1210. The van der Waals surface area contributed by atoms with Crippen molar-refractivity contribution in [2.75, 3.05) is 12.0 Å². The first-order valence-corrected chi connectivity index (χ1v) is 10.9. The van der Waals surface area contributed by atoms with E-state index in [1.54, 1.807) is 42.7 Å². The predicted molar refractivity (Wildman–Crippen MR) is 126 cm³/mol. The molecule has 1 aliphatic heterocycles. The lowest BCUT2D eigenvalue weighted by Crippen LogP contribution is -2.29. The van der Waals surface area contributed by atoms with E-state index in [1.807, 2.05) is 31.2 Å². The maximum absolute atomic E-state index is 13.2. The maximum atomic E-state index is 13.2. The largest absolute Gasteiger partial charge is 0.507 e. The highest BCUT2D eigenvalue weighted by Crippen LogP contribution is 2.42. The van der Waals surface area contributed by atoms with E-state index < -0.39 is 17.7 Å². The summed E-state index contributed by atoms with van der Waals surface area (Å²) in [5.74, 6) is -1.12. The Hall–Kier alpha value is -3.45. The number of anilines is 1. The molecule has 2 aromatic carbocycles. The van der Waals surface area contributed by atoms with Crippen molar-refractivity contribution in [2.45, 2.75) is 19.4 Å². The second-order valence-corrected chi connectivity index (χ2v) is 8.18. The van der Waals surface area contributed by atoms with Gasteiger partial charge in [-0.05, 0) is 69.9 Å². The number of nitrogens with zero attached hydrogens (tertiary/aromatic N) is 2. The Morgan fingerprint density at radius 1 is 1.16 bits per heavy atom. The number of hydrogen-bond acceptors (Lipinski definition) is 5. The van der Waals surface area contributed by atoms with Gasteiger partial charge in [0.15, 0.2) is 0 Å². The third-order valence-electron chi connectivity index (χ3n) is 5.49. The van der Waals surface area contributed by atoms with E-state index in [2.05, 4.69) is 20.9 Å². The van der Waals surface area contributed by atoms with Gasteiger partial charge in [0.05, 0.1) is 23.2 Å². The minimum absolute atomic E-state index is 0.0136. The van der Waals surface area contributed by atoms with Crippen molar-refractivity contribution < 1.29 is 19.4 Å². The van der Waals surface area contributed by atoms with Gasteiger partial charge in [-0.25, -0.2) is 0 Å². The fraction of sp³-hybridized carbons (Fsp3) is 0.160. The molecular formula is C25H21BrN2O4. The van der Waals surface area contributed by atoms with Crippen molar-refractivity contribution in [2.24, 2.45) is 0 Å². The first-order valence-electron chi connectivity index (χ1n) is 10.1. The van der Waals surface area contributed by atoms with E-state index >= 15 is 0 Å². The number of carbonyl (C=O) groups excluding carboxylic acids is 2. The molecule has 1 saturated heterocycles. The average Bonchev–Trinajstić information content (AvgIpc) is 3.09. The number of carbonyl (C=O) groups is 2. The number of amides is 1. The number of rotatable bonds is 5. The van der Waals surface area contributed by atoms with Gasteiger partial charge < -0.3 is 9.84 Å². The van der Waals surface area contributed by atoms with E-state index in [1.165, 1.54) is 12.0 Å². The molecule has 162 valence electrons. The molecule has 0 saturated carbocycles. The second kappa shape index (κ2) is 8.96. The molecule has 1 unspecified atom stereocenters. The molecule has 0 radical (unpaired) electrons. The number of methoxy groups -OCH3 is 1.